The first-order chi connectivity index (χ1) is 18.8. The van der Waals surface area contributed by atoms with Crippen LogP contribution in [0.4, 0.5) is 0 Å². The monoisotopic (exact) mass is 546 g/mol. The maximum Gasteiger partial charge on any atom is 0.225 e. The molecule has 206 valence electrons. The van der Waals surface area contributed by atoms with Crippen LogP contribution in [0.5, 0.6) is 0 Å². The molecule has 0 radical (unpaired) electrons. The third-order valence-corrected chi connectivity index (χ3v) is 9.01. The topological polar surface area (TPSA) is 43.9 Å². The maximum atomic E-state index is 13.6. The van der Waals surface area contributed by atoms with Gasteiger partial charge in [0.15, 0.2) is 11.6 Å². The van der Waals surface area contributed by atoms with Gasteiger partial charge in [-0.15, -0.1) is 0 Å². The lowest BCUT2D eigenvalue weighted by Gasteiger charge is -2.47. The van der Waals surface area contributed by atoms with Crippen LogP contribution in [-0.4, -0.2) is 65.3 Å². The van der Waals surface area contributed by atoms with Gasteiger partial charge < -0.3 is 9.80 Å². The Morgan fingerprint density at radius 1 is 0.897 bits per heavy atom. The van der Waals surface area contributed by atoms with Crippen LogP contribution in [0.2, 0.25) is 5.02 Å². The van der Waals surface area contributed by atoms with E-state index in [1.807, 2.05) is 17.0 Å². The minimum atomic E-state index is 0.0844. The third-order valence-electron chi connectivity index (χ3n) is 8.74. The van der Waals surface area contributed by atoms with Crippen molar-refractivity contribution in [2.45, 2.75) is 52.1 Å². The molecule has 2 amide bonds. The van der Waals surface area contributed by atoms with Crippen molar-refractivity contribution in [3.8, 4) is 0 Å². The fourth-order valence-corrected chi connectivity index (χ4v) is 6.63. The Morgan fingerprint density at radius 3 is 2.28 bits per heavy atom. The maximum absolute atomic E-state index is 13.6. The predicted octanol–water partition coefficient (Wildman–Crippen LogP) is 5.44. The van der Waals surface area contributed by atoms with E-state index in [1.54, 1.807) is 6.92 Å². The van der Waals surface area contributed by atoms with Crippen molar-refractivity contribution in [1.29, 1.82) is 0 Å². The zero-order valence-corrected chi connectivity index (χ0v) is 24.2. The number of halogens is 1. The fourth-order valence-electron chi connectivity index (χ4n) is 6.49. The smallest absolute Gasteiger partial charge is 0.225 e. The van der Waals surface area contributed by atoms with Crippen LogP contribution in [0.15, 0.2) is 66.7 Å². The molecule has 39 heavy (non-hydrogen) atoms. The molecule has 6 heteroatoms. The van der Waals surface area contributed by atoms with Crippen LogP contribution in [0.25, 0.3) is 10.8 Å². The van der Waals surface area contributed by atoms with Gasteiger partial charge in [0.1, 0.15) is 0 Å². The highest BCUT2D eigenvalue weighted by molar-refractivity contribution is 5.86. The molecule has 1 unspecified atom stereocenters. The molecule has 2 heterocycles. The summed E-state index contributed by atoms with van der Waals surface area (Å²) in [7, 11) is 0. The molecule has 2 aliphatic heterocycles. The molecular formula is C33H41ClN3O2+. The van der Waals surface area contributed by atoms with Gasteiger partial charge in [-0.1, -0.05) is 68.4 Å². The number of nitrogens with zero attached hydrogens (tertiary/aromatic N) is 3. The van der Waals surface area contributed by atoms with Gasteiger partial charge in [0, 0.05) is 64.2 Å². The van der Waals surface area contributed by atoms with Crippen molar-refractivity contribution in [2.75, 3.05) is 32.7 Å². The highest BCUT2D eigenvalue weighted by Gasteiger charge is 2.37. The molecule has 0 saturated carbocycles. The predicted molar refractivity (Wildman–Crippen MR) is 154 cm³/mol. The molecule has 5 nitrogen and oxygen atoms in total. The van der Waals surface area contributed by atoms with E-state index >= 15 is 0 Å². The first-order valence-electron chi connectivity index (χ1n) is 14.4. The molecule has 3 aromatic rings. The number of rotatable bonds is 6. The third kappa shape index (κ3) is 6.15. The molecule has 5 rings (SSSR count). The zero-order chi connectivity index (χ0) is 27.5. The van der Waals surface area contributed by atoms with E-state index in [4.69, 9.17) is 11.6 Å². The number of hydrogen-bond donors (Lipinski definition) is 0. The number of piperazine rings is 1. The van der Waals surface area contributed by atoms with E-state index in [0.717, 1.165) is 50.6 Å². The van der Waals surface area contributed by atoms with Gasteiger partial charge in [0.25, 0.3) is 0 Å². The van der Waals surface area contributed by atoms with E-state index in [1.165, 1.54) is 21.9 Å². The number of hydrogen-bond acceptors (Lipinski definition) is 3. The highest BCUT2D eigenvalue weighted by atomic mass is 35.5. The Bertz CT molecular complexity index is 1290. The van der Waals surface area contributed by atoms with Crippen molar-refractivity contribution in [3.05, 3.63) is 82.9 Å². The second kappa shape index (κ2) is 12.1. The van der Waals surface area contributed by atoms with Crippen molar-refractivity contribution >= 4 is 22.6 Å². The summed E-state index contributed by atoms with van der Waals surface area (Å²) < 4.78 is 0. The molecule has 2 atom stereocenters. The second-order valence-corrected chi connectivity index (χ2v) is 12.1. The molecule has 0 N–H and O–H groups in total. The minimum Gasteiger partial charge on any atom is -0.343 e. The van der Waals surface area contributed by atoms with Crippen LogP contribution < -0.4 is 0 Å². The Morgan fingerprint density at radius 2 is 1.59 bits per heavy atom. The summed E-state index contributed by atoms with van der Waals surface area (Å²) in [6.07, 6.45) is 2.42. The Hall–Kier alpha value is -2.89. The number of fused-ring (bicyclic) bond motifs is 1. The molecule has 0 aromatic heterocycles. The molecule has 0 aliphatic carbocycles. The first-order valence-corrected chi connectivity index (χ1v) is 14.8. The molecule has 0 spiro atoms. The lowest BCUT2D eigenvalue weighted by atomic mass is 9.89. The SMILES string of the molecule is CC(=O)N1CCC(CC(=O)N2CCN(C(c3ccc([ClH+])cc3)c3cccc4ccccc34)C[C@@H]2C(C)C)CC1. The summed E-state index contributed by atoms with van der Waals surface area (Å²) in [5, 5.41) is 3.36. The average Bonchev–Trinajstić information content (AvgIpc) is 2.94. The van der Waals surface area contributed by atoms with Gasteiger partial charge in [-0.3, -0.25) is 14.5 Å². The Labute approximate surface area is 237 Å². The first kappa shape index (κ1) is 27.7. The standard InChI is InChI=1S/C33H41ClN3O2/c1-23(2)31-22-36(19-20-37(31)32(39)21-25-15-17-35(18-16-25)24(3)38)33(27-11-13-28(34)14-12-27)30-10-6-8-26-7-4-5-9-29(26)30/h4-14,23,25,31,33-34H,15-22H2,1-3H3/q+1/t31-,33?/m1/s1. The zero-order valence-electron chi connectivity index (χ0n) is 23.4. The van der Waals surface area contributed by atoms with Gasteiger partial charge in [0.2, 0.25) is 16.8 Å². The van der Waals surface area contributed by atoms with Crippen LogP contribution in [0.3, 0.4) is 0 Å². The largest absolute Gasteiger partial charge is 0.343 e. The molecule has 2 fully saturated rings. The van der Waals surface area contributed by atoms with Crippen molar-refractivity contribution in [1.82, 2.24) is 14.7 Å². The summed E-state index contributed by atoms with van der Waals surface area (Å²) in [4.78, 5) is 32.0. The lowest BCUT2D eigenvalue weighted by Crippen LogP contribution is -2.58. The van der Waals surface area contributed by atoms with Crippen molar-refractivity contribution < 1.29 is 21.2 Å². The lowest BCUT2D eigenvalue weighted by molar-refractivity contribution is -0.288. The molecule has 2 aliphatic rings. The Balaban J connectivity index is 1.39. The van der Waals surface area contributed by atoms with Gasteiger partial charge >= 0.3 is 0 Å². The van der Waals surface area contributed by atoms with E-state index < -0.39 is 0 Å². The number of carbonyl (C=O) groups is 2. The number of amides is 2. The van der Waals surface area contributed by atoms with Crippen LogP contribution in [-0.2, 0) is 9.59 Å². The summed E-state index contributed by atoms with van der Waals surface area (Å²) >= 11 is 5.41. The summed E-state index contributed by atoms with van der Waals surface area (Å²) in [5.74, 6) is 1.12. The molecule has 0 bridgehead atoms. The second-order valence-electron chi connectivity index (χ2n) is 11.6. The van der Waals surface area contributed by atoms with Crippen LogP contribution in [0, 0.1) is 23.4 Å². The van der Waals surface area contributed by atoms with E-state index in [2.05, 4.69) is 78.2 Å². The van der Waals surface area contributed by atoms with Crippen molar-refractivity contribution in [2.24, 2.45) is 11.8 Å². The van der Waals surface area contributed by atoms with Gasteiger partial charge in [0.05, 0.1) is 6.04 Å². The van der Waals surface area contributed by atoms with E-state index in [0.29, 0.717) is 18.3 Å². The van der Waals surface area contributed by atoms with Gasteiger partial charge in [-0.05, 0) is 46.6 Å². The fraction of sp³-hybridized carbons (Fsp3) is 0.455. The minimum absolute atomic E-state index is 0.0844. The number of carbonyl (C=O) groups excluding carboxylic acids is 2. The van der Waals surface area contributed by atoms with E-state index in [9.17, 15) is 9.59 Å². The number of benzene rings is 3. The highest BCUT2D eigenvalue weighted by Crippen LogP contribution is 2.36. The Kier molecular flexibility index (Phi) is 8.58. The normalized spacial score (nSPS) is 20.0. The molecular weight excluding hydrogens is 506 g/mol. The van der Waals surface area contributed by atoms with Crippen LogP contribution >= 0.6 is 0 Å². The van der Waals surface area contributed by atoms with Gasteiger partial charge in [-0.2, -0.15) is 0 Å². The number of piperidine rings is 1. The average molecular weight is 547 g/mol. The molecule has 2 saturated heterocycles. The van der Waals surface area contributed by atoms with E-state index in [-0.39, 0.29) is 23.9 Å². The number of likely N-dealkylation sites (tertiary alicyclic amines) is 1. The quantitative estimate of drug-likeness (QED) is 0.413. The van der Waals surface area contributed by atoms with Crippen LogP contribution in [0.1, 0.15) is 57.2 Å². The summed E-state index contributed by atoms with van der Waals surface area (Å²) in [6.45, 7) is 10.0. The summed E-state index contributed by atoms with van der Waals surface area (Å²) in [6, 6.07) is 23.8. The molecule has 3 aromatic carbocycles. The van der Waals surface area contributed by atoms with Crippen molar-refractivity contribution in [3.63, 3.8) is 0 Å². The summed E-state index contributed by atoms with van der Waals surface area (Å²) in [5.41, 5.74) is 2.53. The van der Waals surface area contributed by atoms with Gasteiger partial charge in [-0.25, -0.2) is 0 Å².